The average molecular weight is 315 g/mol. The number of halogens is 1. The van der Waals surface area contributed by atoms with Crippen LogP contribution < -0.4 is 4.90 Å². The van der Waals surface area contributed by atoms with Gasteiger partial charge in [0.2, 0.25) is 0 Å². The molecule has 1 fully saturated rings. The van der Waals surface area contributed by atoms with Crippen molar-refractivity contribution in [3.8, 4) is 6.07 Å². The van der Waals surface area contributed by atoms with Gasteiger partial charge in [0.25, 0.3) is 0 Å². The van der Waals surface area contributed by atoms with Gasteiger partial charge in [-0.05, 0) is 29.8 Å². The van der Waals surface area contributed by atoms with Crippen molar-refractivity contribution >= 4 is 17.4 Å². The monoisotopic (exact) mass is 314 g/mol. The number of aromatic nitrogens is 2. The Morgan fingerprint density at radius 3 is 2.41 bits per heavy atom. The first-order chi connectivity index (χ1) is 10.8. The molecule has 1 unspecified atom stereocenters. The molecule has 0 bridgehead atoms. The number of nitrogens with zero attached hydrogens (tertiary/aromatic N) is 4. The highest BCUT2D eigenvalue weighted by molar-refractivity contribution is 6.30. The fraction of sp³-hybridized carbons (Fsp3) is 0.312. The normalized spacial score (nSPS) is 16.1. The van der Waals surface area contributed by atoms with Crippen molar-refractivity contribution in [1.29, 1.82) is 5.26 Å². The molecule has 3 rings (SSSR count). The van der Waals surface area contributed by atoms with Gasteiger partial charge in [-0.15, -0.1) is 5.10 Å². The van der Waals surface area contributed by atoms with Crippen LogP contribution in [0.2, 0.25) is 5.02 Å². The SMILES string of the molecule is N#CC(c1ccc(Cl)cc1)c1ccc(N2CCOCC2)nn1. The number of ether oxygens (including phenoxy) is 1. The smallest absolute Gasteiger partial charge is 0.151 e. The van der Waals surface area contributed by atoms with E-state index in [0.717, 1.165) is 24.5 Å². The number of benzene rings is 1. The number of anilines is 1. The summed E-state index contributed by atoms with van der Waals surface area (Å²) in [7, 11) is 0. The Morgan fingerprint density at radius 2 is 1.82 bits per heavy atom. The molecule has 0 spiro atoms. The molecule has 1 aliphatic rings. The van der Waals surface area contributed by atoms with Crippen LogP contribution in [0.3, 0.4) is 0 Å². The van der Waals surface area contributed by atoms with E-state index in [9.17, 15) is 5.26 Å². The summed E-state index contributed by atoms with van der Waals surface area (Å²) in [5, 5.41) is 18.6. The number of hydrogen-bond acceptors (Lipinski definition) is 5. The topological polar surface area (TPSA) is 62.0 Å². The van der Waals surface area contributed by atoms with E-state index in [0.29, 0.717) is 23.9 Å². The zero-order chi connectivity index (χ0) is 15.4. The summed E-state index contributed by atoms with van der Waals surface area (Å²) < 4.78 is 5.32. The van der Waals surface area contributed by atoms with Crippen molar-refractivity contribution in [2.24, 2.45) is 0 Å². The third-order valence-corrected chi connectivity index (χ3v) is 3.89. The maximum atomic E-state index is 9.44. The van der Waals surface area contributed by atoms with Crippen LogP contribution >= 0.6 is 11.6 Å². The van der Waals surface area contributed by atoms with E-state index in [4.69, 9.17) is 16.3 Å². The van der Waals surface area contributed by atoms with Crippen LogP contribution in [0.15, 0.2) is 36.4 Å². The maximum absolute atomic E-state index is 9.44. The molecular formula is C16H15ClN4O. The van der Waals surface area contributed by atoms with Crippen molar-refractivity contribution in [2.45, 2.75) is 5.92 Å². The van der Waals surface area contributed by atoms with Gasteiger partial charge in [0.05, 0.1) is 25.0 Å². The molecule has 6 heteroatoms. The van der Waals surface area contributed by atoms with Gasteiger partial charge in [0.1, 0.15) is 5.92 Å². The lowest BCUT2D eigenvalue weighted by Gasteiger charge is -2.27. The van der Waals surface area contributed by atoms with Crippen molar-refractivity contribution in [3.63, 3.8) is 0 Å². The van der Waals surface area contributed by atoms with E-state index in [2.05, 4.69) is 21.2 Å². The summed E-state index contributed by atoms with van der Waals surface area (Å²) in [5.41, 5.74) is 1.50. The molecule has 22 heavy (non-hydrogen) atoms. The minimum absolute atomic E-state index is 0.441. The van der Waals surface area contributed by atoms with E-state index in [1.165, 1.54) is 0 Å². The van der Waals surface area contributed by atoms with E-state index in [1.54, 1.807) is 12.1 Å². The first-order valence-corrected chi connectivity index (χ1v) is 7.47. The highest BCUT2D eigenvalue weighted by Gasteiger charge is 2.17. The number of hydrogen-bond donors (Lipinski definition) is 0. The minimum Gasteiger partial charge on any atom is -0.378 e. The van der Waals surface area contributed by atoms with Crippen LogP contribution in [0.25, 0.3) is 0 Å². The summed E-state index contributed by atoms with van der Waals surface area (Å²) in [6.07, 6.45) is 0. The Hall–Kier alpha value is -2.16. The molecule has 2 aromatic rings. The van der Waals surface area contributed by atoms with Crippen LogP contribution in [-0.2, 0) is 4.74 Å². The zero-order valence-corrected chi connectivity index (χ0v) is 12.7. The second-order valence-electron chi connectivity index (χ2n) is 5.03. The van der Waals surface area contributed by atoms with E-state index < -0.39 is 5.92 Å². The van der Waals surface area contributed by atoms with Gasteiger partial charge < -0.3 is 9.64 Å². The molecular weight excluding hydrogens is 300 g/mol. The van der Waals surface area contributed by atoms with Gasteiger partial charge in [-0.3, -0.25) is 0 Å². The quantitative estimate of drug-likeness (QED) is 0.871. The summed E-state index contributed by atoms with van der Waals surface area (Å²) in [4.78, 5) is 2.13. The summed E-state index contributed by atoms with van der Waals surface area (Å²) in [5.74, 6) is 0.378. The molecule has 1 aliphatic heterocycles. The van der Waals surface area contributed by atoms with E-state index in [1.807, 2.05) is 24.3 Å². The molecule has 112 valence electrons. The lowest BCUT2D eigenvalue weighted by molar-refractivity contribution is 0.122. The molecule has 2 heterocycles. The minimum atomic E-state index is -0.441. The van der Waals surface area contributed by atoms with Crippen LogP contribution in [-0.4, -0.2) is 36.5 Å². The molecule has 0 saturated carbocycles. The third-order valence-electron chi connectivity index (χ3n) is 3.63. The Bertz CT molecular complexity index is 660. The summed E-state index contributed by atoms with van der Waals surface area (Å²) in [6.45, 7) is 3.03. The van der Waals surface area contributed by atoms with E-state index >= 15 is 0 Å². The van der Waals surface area contributed by atoms with Gasteiger partial charge in [-0.1, -0.05) is 23.7 Å². The average Bonchev–Trinajstić information content (AvgIpc) is 2.59. The van der Waals surface area contributed by atoms with Crippen molar-refractivity contribution < 1.29 is 4.74 Å². The van der Waals surface area contributed by atoms with Gasteiger partial charge in [0, 0.05) is 18.1 Å². The van der Waals surface area contributed by atoms with Crippen LogP contribution in [0, 0.1) is 11.3 Å². The lowest BCUT2D eigenvalue weighted by Crippen LogP contribution is -2.36. The predicted octanol–water partition coefficient (Wildman–Crippen LogP) is 2.62. The largest absolute Gasteiger partial charge is 0.378 e. The van der Waals surface area contributed by atoms with Crippen LogP contribution in [0.5, 0.6) is 0 Å². The molecule has 1 aromatic heterocycles. The van der Waals surface area contributed by atoms with Crippen molar-refractivity contribution in [3.05, 3.63) is 52.7 Å². The second kappa shape index (κ2) is 6.73. The van der Waals surface area contributed by atoms with Crippen molar-refractivity contribution in [1.82, 2.24) is 10.2 Å². The first kappa shape index (κ1) is 14.8. The molecule has 0 amide bonds. The Labute approximate surface area is 134 Å². The standard InChI is InChI=1S/C16H15ClN4O/c17-13-3-1-12(2-4-13)14(11-18)15-5-6-16(20-19-15)21-7-9-22-10-8-21/h1-6,14H,7-10H2. The molecule has 1 saturated heterocycles. The van der Waals surface area contributed by atoms with Gasteiger partial charge in [0.15, 0.2) is 5.82 Å². The van der Waals surface area contributed by atoms with Gasteiger partial charge in [-0.2, -0.15) is 10.4 Å². The summed E-state index contributed by atoms with van der Waals surface area (Å²) in [6, 6.07) is 13.3. The predicted molar refractivity (Wildman–Crippen MR) is 84.0 cm³/mol. The number of morpholine rings is 1. The first-order valence-electron chi connectivity index (χ1n) is 7.09. The third kappa shape index (κ3) is 3.19. The fourth-order valence-electron chi connectivity index (χ4n) is 2.42. The lowest BCUT2D eigenvalue weighted by atomic mass is 9.97. The molecule has 1 aromatic carbocycles. The van der Waals surface area contributed by atoms with E-state index in [-0.39, 0.29) is 0 Å². The number of nitriles is 1. The van der Waals surface area contributed by atoms with Crippen molar-refractivity contribution in [2.75, 3.05) is 31.2 Å². The highest BCUT2D eigenvalue weighted by atomic mass is 35.5. The molecule has 5 nitrogen and oxygen atoms in total. The highest BCUT2D eigenvalue weighted by Crippen LogP contribution is 2.24. The second-order valence-corrected chi connectivity index (χ2v) is 5.47. The summed E-state index contributed by atoms with van der Waals surface area (Å²) >= 11 is 5.89. The Balaban J connectivity index is 1.81. The molecule has 1 atom stereocenters. The number of rotatable bonds is 3. The molecule has 0 aliphatic carbocycles. The van der Waals surface area contributed by atoms with Crippen LogP contribution in [0.1, 0.15) is 17.2 Å². The maximum Gasteiger partial charge on any atom is 0.151 e. The Kier molecular flexibility index (Phi) is 4.52. The zero-order valence-electron chi connectivity index (χ0n) is 11.9. The van der Waals surface area contributed by atoms with Crippen LogP contribution in [0.4, 0.5) is 5.82 Å². The van der Waals surface area contributed by atoms with Gasteiger partial charge >= 0.3 is 0 Å². The van der Waals surface area contributed by atoms with Gasteiger partial charge in [-0.25, -0.2) is 0 Å². The molecule has 0 N–H and O–H groups in total. The fourth-order valence-corrected chi connectivity index (χ4v) is 2.54. The Morgan fingerprint density at radius 1 is 1.09 bits per heavy atom. The molecule has 0 radical (unpaired) electrons.